The van der Waals surface area contributed by atoms with Crippen molar-refractivity contribution in [1.82, 2.24) is 9.88 Å². The quantitative estimate of drug-likeness (QED) is 0.897. The number of amides is 1. The maximum Gasteiger partial charge on any atom is 0.410 e. The van der Waals surface area contributed by atoms with Crippen LogP contribution < -0.4 is 0 Å². The second kappa shape index (κ2) is 4.47. The van der Waals surface area contributed by atoms with Gasteiger partial charge in [-0.1, -0.05) is 0 Å². The van der Waals surface area contributed by atoms with Crippen molar-refractivity contribution in [2.45, 2.75) is 44.8 Å². The van der Waals surface area contributed by atoms with Crippen LogP contribution in [0.15, 0.2) is 10.8 Å². The summed E-state index contributed by atoms with van der Waals surface area (Å²) < 4.78 is 10.7. The molecule has 1 saturated carbocycles. The van der Waals surface area contributed by atoms with Crippen LogP contribution in [0, 0.1) is 5.92 Å². The Morgan fingerprint density at radius 2 is 2.19 bits per heavy atom. The number of carboxylic acids is 1. The molecule has 4 rings (SSSR count). The molecule has 3 aliphatic rings. The number of aromatic nitrogens is 1. The van der Waals surface area contributed by atoms with Crippen molar-refractivity contribution >= 4 is 12.1 Å². The summed E-state index contributed by atoms with van der Waals surface area (Å²) in [5.74, 6) is -0.608. The van der Waals surface area contributed by atoms with Crippen molar-refractivity contribution in [1.29, 1.82) is 0 Å². The third-order valence-corrected chi connectivity index (χ3v) is 4.03. The molecule has 1 aliphatic carbocycles. The second-order valence-corrected chi connectivity index (χ2v) is 6.59. The van der Waals surface area contributed by atoms with Gasteiger partial charge in [0.05, 0.1) is 0 Å². The first-order valence-electron chi connectivity index (χ1n) is 6.94. The molecule has 3 unspecified atom stereocenters. The van der Waals surface area contributed by atoms with E-state index in [0.717, 1.165) is 12.8 Å². The van der Waals surface area contributed by atoms with Crippen molar-refractivity contribution in [3.8, 4) is 0 Å². The number of oxazole rings is 1. The minimum atomic E-state index is -1.10. The first-order chi connectivity index (χ1) is 9.78. The lowest BCUT2D eigenvalue weighted by atomic mass is 9.72. The molecule has 0 radical (unpaired) electrons. The van der Waals surface area contributed by atoms with Gasteiger partial charge in [-0.05, 0) is 33.1 Å². The summed E-state index contributed by atoms with van der Waals surface area (Å²) in [6.07, 6.45) is 1.65. The molecule has 1 N–H and O–H groups in total. The highest BCUT2D eigenvalue weighted by Crippen LogP contribution is 2.53. The molecule has 1 aromatic heterocycles. The van der Waals surface area contributed by atoms with Crippen LogP contribution in [0.2, 0.25) is 0 Å². The predicted octanol–water partition coefficient (Wildman–Crippen LogP) is 2.10. The topological polar surface area (TPSA) is 92.9 Å². The number of hydrogen-bond donors (Lipinski definition) is 1. The highest BCUT2D eigenvalue weighted by Gasteiger charge is 2.57. The molecule has 1 amide bonds. The molecule has 0 aromatic carbocycles. The SMILES string of the molecule is CC(C)(C)OC(=O)N1CC2CC1C2c1ocnc1C(=O)O. The number of aromatic carboxylic acids is 1. The monoisotopic (exact) mass is 294 g/mol. The Morgan fingerprint density at radius 3 is 2.81 bits per heavy atom. The van der Waals surface area contributed by atoms with Gasteiger partial charge < -0.3 is 19.2 Å². The largest absolute Gasteiger partial charge is 0.476 e. The Bertz CT molecular complexity index is 588. The van der Waals surface area contributed by atoms with Crippen LogP contribution in [-0.2, 0) is 4.74 Å². The van der Waals surface area contributed by atoms with E-state index in [1.807, 2.05) is 20.8 Å². The van der Waals surface area contributed by atoms with Crippen molar-refractivity contribution in [2.75, 3.05) is 6.54 Å². The van der Waals surface area contributed by atoms with E-state index in [9.17, 15) is 9.59 Å². The predicted molar refractivity (Wildman–Crippen MR) is 71.0 cm³/mol. The van der Waals surface area contributed by atoms with Crippen LogP contribution in [0.1, 0.15) is 49.4 Å². The van der Waals surface area contributed by atoms with Crippen LogP contribution >= 0.6 is 0 Å². The van der Waals surface area contributed by atoms with Crippen molar-refractivity contribution in [3.05, 3.63) is 17.8 Å². The van der Waals surface area contributed by atoms with Gasteiger partial charge in [0.1, 0.15) is 11.4 Å². The number of nitrogens with zero attached hydrogens (tertiary/aromatic N) is 2. The zero-order chi connectivity index (χ0) is 15.4. The molecular formula is C14H18N2O5. The van der Waals surface area contributed by atoms with E-state index < -0.39 is 11.6 Å². The minimum Gasteiger partial charge on any atom is -0.476 e. The van der Waals surface area contributed by atoms with E-state index in [0.29, 0.717) is 12.3 Å². The standard InChI is InChI=1S/C14H18N2O5/c1-14(2,3)21-13(19)16-5-7-4-8(16)9(7)11-10(12(17)18)15-6-20-11/h6-9H,4-5H2,1-3H3,(H,17,18). The molecule has 1 aromatic rings. The molecule has 114 valence electrons. The van der Waals surface area contributed by atoms with Gasteiger partial charge in [-0.25, -0.2) is 14.6 Å². The Labute approximate surface area is 121 Å². The van der Waals surface area contributed by atoms with Gasteiger partial charge >= 0.3 is 12.1 Å². The van der Waals surface area contributed by atoms with Gasteiger partial charge in [0, 0.05) is 18.5 Å². The van der Waals surface area contributed by atoms with Crippen LogP contribution in [0.5, 0.6) is 0 Å². The summed E-state index contributed by atoms with van der Waals surface area (Å²) in [6, 6.07) is -0.0594. The molecule has 2 aliphatic heterocycles. The molecular weight excluding hydrogens is 276 g/mol. The summed E-state index contributed by atoms with van der Waals surface area (Å²) in [5.41, 5.74) is -0.599. The molecule has 2 bridgehead atoms. The molecule has 3 heterocycles. The lowest BCUT2D eigenvalue weighted by molar-refractivity contribution is 0.0227. The normalized spacial score (nSPS) is 27.4. The van der Waals surface area contributed by atoms with Gasteiger partial charge in [-0.15, -0.1) is 0 Å². The fourth-order valence-electron chi connectivity index (χ4n) is 3.19. The number of rotatable bonds is 2. The van der Waals surface area contributed by atoms with E-state index in [4.69, 9.17) is 14.3 Å². The second-order valence-electron chi connectivity index (χ2n) is 6.59. The first-order valence-corrected chi connectivity index (χ1v) is 6.94. The summed E-state index contributed by atoms with van der Waals surface area (Å²) in [6.45, 7) is 6.04. The molecule has 2 saturated heterocycles. The molecule has 7 nitrogen and oxygen atoms in total. The van der Waals surface area contributed by atoms with Crippen LogP contribution in [0.25, 0.3) is 0 Å². The summed E-state index contributed by atoms with van der Waals surface area (Å²) >= 11 is 0. The van der Waals surface area contributed by atoms with Gasteiger partial charge in [0.2, 0.25) is 0 Å². The Hall–Kier alpha value is -2.05. The van der Waals surface area contributed by atoms with E-state index in [1.165, 1.54) is 0 Å². The molecule has 3 fully saturated rings. The fraction of sp³-hybridized carbons (Fsp3) is 0.643. The van der Waals surface area contributed by atoms with Crippen molar-refractivity contribution < 1.29 is 23.8 Å². The fourth-order valence-corrected chi connectivity index (χ4v) is 3.19. The van der Waals surface area contributed by atoms with Crippen molar-refractivity contribution in [2.24, 2.45) is 5.92 Å². The smallest absolute Gasteiger partial charge is 0.410 e. The molecule has 0 spiro atoms. The maximum absolute atomic E-state index is 12.2. The Balaban J connectivity index is 1.77. The first kappa shape index (κ1) is 13.9. The van der Waals surface area contributed by atoms with E-state index in [1.54, 1.807) is 4.90 Å². The van der Waals surface area contributed by atoms with Gasteiger partial charge in [0.15, 0.2) is 12.1 Å². The number of fused-ring (bicyclic) bond motifs is 1. The number of ether oxygens (including phenoxy) is 1. The number of carbonyl (C=O) groups is 2. The van der Waals surface area contributed by atoms with Crippen LogP contribution in [0.3, 0.4) is 0 Å². The van der Waals surface area contributed by atoms with E-state index >= 15 is 0 Å². The minimum absolute atomic E-state index is 0.0549. The third kappa shape index (κ3) is 2.26. The average molecular weight is 294 g/mol. The van der Waals surface area contributed by atoms with Gasteiger partial charge in [-0.2, -0.15) is 0 Å². The van der Waals surface area contributed by atoms with E-state index in [-0.39, 0.29) is 29.7 Å². The van der Waals surface area contributed by atoms with Crippen LogP contribution in [0.4, 0.5) is 4.79 Å². The third-order valence-electron chi connectivity index (χ3n) is 4.03. The average Bonchev–Trinajstić information content (AvgIpc) is 2.98. The lowest BCUT2D eigenvalue weighted by Gasteiger charge is -2.35. The zero-order valence-electron chi connectivity index (χ0n) is 12.2. The van der Waals surface area contributed by atoms with Crippen LogP contribution in [-0.4, -0.2) is 45.2 Å². The molecule has 3 atom stereocenters. The molecule has 21 heavy (non-hydrogen) atoms. The Morgan fingerprint density at radius 1 is 1.48 bits per heavy atom. The highest BCUT2D eigenvalue weighted by molar-refractivity contribution is 5.86. The van der Waals surface area contributed by atoms with Gasteiger partial charge in [0.25, 0.3) is 0 Å². The van der Waals surface area contributed by atoms with Crippen molar-refractivity contribution in [3.63, 3.8) is 0 Å². The number of carboxylic acid groups (broad SMARTS) is 1. The Kier molecular flexibility index (Phi) is 2.96. The summed E-state index contributed by atoms with van der Waals surface area (Å²) in [7, 11) is 0. The maximum atomic E-state index is 12.2. The van der Waals surface area contributed by atoms with Gasteiger partial charge in [-0.3, -0.25) is 0 Å². The number of carbonyl (C=O) groups excluding carboxylic acids is 1. The highest BCUT2D eigenvalue weighted by atomic mass is 16.6. The summed E-state index contributed by atoms with van der Waals surface area (Å²) in [4.78, 5) is 28.7. The lowest BCUT2D eigenvalue weighted by Crippen LogP contribution is -2.42. The number of hydrogen-bond acceptors (Lipinski definition) is 5. The zero-order valence-corrected chi connectivity index (χ0v) is 12.2. The summed E-state index contributed by atoms with van der Waals surface area (Å²) in [5, 5.41) is 9.12. The van der Waals surface area contributed by atoms with E-state index in [2.05, 4.69) is 4.98 Å². The molecule has 7 heteroatoms.